The molecule has 0 spiro atoms. The third kappa shape index (κ3) is 11.7. The molecule has 1 radical (unpaired) electrons. The summed E-state index contributed by atoms with van der Waals surface area (Å²) < 4.78 is 0. The molecule has 0 saturated carbocycles. The van der Waals surface area contributed by atoms with Gasteiger partial charge in [0, 0.05) is 0 Å². The standard InChI is InChI=1S/2C11H16NO.Cu/c2*1-11(2,3)12-8-9-6-4-5-7-10(9)13;/h2*4-7,13H,8H2,1-3H3;/q2*-1;+2. The van der Waals surface area contributed by atoms with Crippen molar-refractivity contribution in [3.05, 3.63) is 70.3 Å². The number of hydrogen-bond acceptors (Lipinski definition) is 2. The number of para-hydroxylation sites is 2. The summed E-state index contributed by atoms with van der Waals surface area (Å²) in [5, 5.41) is 27.7. The van der Waals surface area contributed by atoms with Crippen LogP contribution in [0.15, 0.2) is 48.5 Å². The van der Waals surface area contributed by atoms with Crippen LogP contribution in [0.4, 0.5) is 0 Å². The van der Waals surface area contributed by atoms with Gasteiger partial charge in [-0.15, -0.1) is 24.2 Å². The minimum atomic E-state index is -0.0394. The van der Waals surface area contributed by atoms with Crippen molar-refractivity contribution in [2.75, 3.05) is 0 Å². The molecular weight excluding hydrogens is 388 g/mol. The Morgan fingerprint density at radius 1 is 0.630 bits per heavy atom. The largest absolute Gasteiger partial charge is 2.00 e. The molecule has 0 amide bonds. The summed E-state index contributed by atoms with van der Waals surface area (Å²) in [6, 6.07) is 14.6. The Morgan fingerprint density at radius 2 is 0.926 bits per heavy atom. The van der Waals surface area contributed by atoms with E-state index in [1.54, 1.807) is 12.1 Å². The average molecular weight is 420 g/mol. The average Bonchev–Trinajstić information content (AvgIpc) is 2.52. The number of nitrogens with zero attached hydrogens (tertiary/aromatic N) is 2. The van der Waals surface area contributed by atoms with Crippen molar-refractivity contribution in [2.45, 2.75) is 65.7 Å². The van der Waals surface area contributed by atoms with Crippen molar-refractivity contribution in [2.24, 2.45) is 0 Å². The van der Waals surface area contributed by atoms with Crippen LogP contribution >= 0.6 is 0 Å². The number of phenolic OH excluding ortho intramolecular Hbond substituents is 2. The van der Waals surface area contributed by atoms with Crippen LogP contribution in [0, 0.1) is 0 Å². The second-order valence-electron chi connectivity index (χ2n) is 8.23. The fraction of sp³-hybridized carbons (Fsp3) is 0.455. The monoisotopic (exact) mass is 419 g/mol. The van der Waals surface area contributed by atoms with Crippen LogP contribution in [0.5, 0.6) is 11.5 Å². The second kappa shape index (κ2) is 11.4. The summed E-state index contributed by atoms with van der Waals surface area (Å²) >= 11 is 0. The third-order valence-electron chi connectivity index (χ3n) is 3.43. The Bertz CT molecular complexity index is 617. The molecule has 2 aromatic rings. The van der Waals surface area contributed by atoms with Gasteiger partial charge in [-0.25, -0.2) is 0 Å². The van der Waals surface area contributed by atoms with Crippen molar-refractivity contribution >= 4 is 0 Å². The molecule has 0 saturated heterocycles. The van der Waals surface area contributed by atoms with E-state index in [9.17, 15) is 10.2 Å². The predicted octanol–water partition coefficient (Wildman–Crippen LogP) is 6.13. The number of hydrogen-bond donors (Lipinski definition) is 2. The quantitative estimate of drug-likeness (QED) is 0.585. The molecule has 0 aliphatic carbocycles. The third-order valence-corrected chi connectivity index (χ3v) is 3.43. The van der Waals surface area contributed by atoms with Gasteiger partial charge in [0.05, 0.1) is 0 Å². The Hall–Kier alpha value is -1.52. The van der Waals surface area contributed by atoms with E-state index in [1.807, 2.05) is 77.9 Å². The summed E-state index contributed by atoms with van der Waals surface area (Å²) in [6.07, 6.45) is 0. The van der Waals surface area contributed by atoms with Crippen LogP contribution < -0.4 is 0 Å². The molecule has 2 N–H and O–H groups in total. The molecule has 2 aromatic carbocycles. The molecule has 5 heteroatoms. The molecule has 0 bridgehead atoms. The van der Waals surface area contributed by atoms with Crippen molar-refractivity contribution in [3.8, 4) is 11.5 Å². The number of phenols is 2. The maximum Gasteiger partial charge on any atom is 2.00 e. The SMILES string of the molecule is CC(C)(C)[N-]Cc1ccccc1O.CC(C)(C)[N-]Cc1ccccc1O.[Cu+2]. The minimum Gasteiger partial charge on any atom is -0.654 e. The minimum absolute atomic E-state index is 0. The molecule has 0 unspecified atom stereocenters. The zero-order valence-corrected chi connectivity index (χ0v) is 18.1. The van der Waals surface area contributed by atoms with E-state index in [0.717, 1.165) is 11.1 Å². The first kappa shape index (κ1) is 25.5. The van der Waals surface area contributed by atoms with Gasteiger partial charge in [-0.1, -0.05) is 77.9 Å². The van der Waals surface area contributed by atoms with Crippen LogP contribution in [0.25, 0.3) is 10.6 Å². The summed E-state index contributed by atoms with van der Waals surface area (Å²) in [4.78, 5) is 0. The maximum absolute atomic E-state index is 9.45. The fourth-order valence-corrected chi connectivity index (χ4v) is 1.93. The summed E-state index contributed by atoms with van der Waals surface area (Å²) in [5.74, 6) is 0.658. The van der Waals surface area contributed by atoms with E-state index >= 15 is 0 Å². The molecule has 0 aliphatic rings. The van der Waals surface area contributed by atoms with Gasteiger partial charge >= 0.3 is 17.1 Å². The van der Waals surface area contributed by atoms with Crippen LogP contribution in [-0.4, -0.2) is 21.3 Å². The van der Waals surface area contributed by atoms with Gasteiger partial charge in [0.1, 0.15) is 11.5 Å². The molecule has 0 atom stereocenters. The van der Waals surface area contributed by atoms with E-state index in [1.165, 1.54) is 0 Å². The van der Waals surface area contributed by atoms with Crippen molar-refractivity contribution in [1.29, 1.82) is 0 Å². The van der Waals surface area contributed by atoms with Gasteiger partial charge in [-0.05, 0) is 23.3 Å². The molecule has 2 rings (SSSR count). The number of benzene rings is 2. The summed E-state index contributed by atoms with van der Waals surface area (Å²) in [6.45, 7) is 13.5. The van der Waals surface area contributed by atoms with E-state index in [0.29, 0.717) is 24.6 Å². The molecule has 153 valence electrons. The van der Waals surface area contributed by atoms with E-state index in [2.05, 4.69) is 10.6 Å². The van der Waals surface area contributed by atoms with Gasteiger partial charge in [-0.3, -0.25) is 0 Å². The molecule has 4 nitrogen and oxygen atoms in total. The molecule has 0 heterocycles. The Morgan fingerprint density at radius 3 is 1.19 bits per heavy atom. The zero-order valence-electron chi connectivity index (χ0n) is 17.1. The van der Waals surface area contributed by atoms with E-state index in [-0.39, 0.29) is 28.1 Å². The van der Waals surface area contributed by atoms with Crippen LogP contribution in [0.1, 0.15) is 52.7 Å². The van der Waals surface area contributed by atoms with Crippen molar-refractivity contribution in [1.82, 2.24) is 0 Å². The Kier molecular flexibility index (Phi) is 10.7. The van der Waals surface area contributed by atoms with E-state index in [4.69, 9.17) is 0 Å². The van der Waals surface area contributed by atoms with Gasteiger partial charge in [0.25, 0.3) is 0 Å². The maximum atomic E-state index is 9.45. The smallest absolute Gasteiger partial charge is 0.654 e. The van der Waals surface area contributed by atoms with Gasteiger partial charge < -0.3 is 20.8 Å². The van der Waals surface area contributed by atoms with Crippen LogP contribution in [0.3, 0.4) is 0 Å². The van der Waals surface area contributed by atoms with Gasteiger partial charge in [0.2, 0.25) is 0 Å². The van der Waals surface area contributed by atoms with Crippen LogP contribution in [0.2, 0.25) is 0 Å². The van der Waals surface area contributed by atoms with E-state index < -0.39 is 0 Å². The molecule has 27 heavy (non-hydrogen) atoms. The topological polar surface area (TPSA) is 68.7 Å². The number of aromatic hydroxyl groups is 2. The summed E-state index contributed by atoms with van der Waals surface area (Å²) in [7, 11) is 0. The Balaban J connectivity index is 0.000000483. The summed E-state index contributed by atoms with van der Waals surface area (Å²) in [5.41, 5.74) is 1.69. The second-order valence-corrected chi connectivity index (χ2v) is 8.23. The molecule has 0 fully saturated rings. The van der Waals surface area contributed by atoms with Crippen molar-refractivity contribution < 1.29 is 27.3 Å². The molecule has 0 aliphatic heterocycles. The predicted molar refractivity (Wildman–Crippen MR) is 110 cm³/mol. The fourth-order valence-electron chi connectivity index (χ4n) is 1.93. The zero-order chi connectivity index (χ0) is 19.8. The first-order valence-electron chi connectivity index (χ1n) is 8.89. The van der Waals surface area contributed by atoms with Gasteiger partial charge in [0.15, 0.2) is 0 Å². The molecular formula is C22H32CuN2O2. The molecule has 0 aromatic heterocycles. The Labute approximate surface area is 174 Å². The number of rotatable bonds is 4. The first-order valence-corrected chi connectivity index (χ1v) is 8.89. The first-order chi connectivity index (χ1) is 12.0. The van der Waals surface area contributed by atoms with Gasteiger partial charge in [-0.2, -0.15) is 0 Å². The van der Waals surface area contributed by atoms with Crippen LogP contribution in [-0.2, 0) is 30.2 Å². The normalized spacial score (nSPS) is 11.2. The van der Waals surface area contributed by atoms with Crippen molar-refractivity contribution in [3.63, 3.8) is 0 Å².